The molecule has 1 saturated heterocycles. The van der Waals surface area contributed by atoms with Crippen LogP contribution in [0.5, 0.6) is 0 Å². The van der Waals surface area contributed by atoms with E-state index in [9.17, 15) is 14.4 Å². The minimum absolute atomic E-state index is 0.0370. The van der Waals surface area contributed by atoms with Crippen LogP contribution >= 0.6 is 11.3 Å². The van der Waals surface area contributed by atoms with Crippen molar-refractivity contribution in [3.8, 4) is 0 Å². The predicted octanol–water partition coefficient (Wildman–Crippen LogP) is 1.58. The van der Waals surface area contributed by atoms with E-state index in [1.54, 1.807) is 11.8 Å². The number of aryl methyl sites for hydroxylation is 1. The maximum Gasteiger partial charge on any atom is 0.348 e. The normalized spacial score (nSPS) is 14.5. The van der Waals surface area contributed by atoms with E-state index in [4.69, 9.17) is 9.47 Å². The molecule has 0 bridgehead atoms. The minimum Gasteiger partial charge on any atom is -0.459 e. The Balaban J connectivity index is 1.84. The first-order valence-electron chi connectivity index (χ1n) is 8.95. The molecule has 0 atom stereocenters. The topological polar surface area (TPSA) is 90.7 Å². The van der Waals surface area contributed by atoms with Gasteiger partial charge in [-0.2, -0.15) is 0 Å². The Bertz CT molecular complexity index is 898. The van der Waals surface area contributed by atoms with Gasteiger partial charge in [0.05, 0.1) is 18.3 Å². The van der Waals surface area contributed by atoms with E-state index in [-0.39, 0.29) is 24.6 Å². The fraction of sp³-hybridized carbons (Fsp3) is 0.556. The number of carbonyl (C=O) groups is 2. The van der Waals surface area contributed by atoms with Crippen LogP contribution in [0.25, 0.3) is 10.2 Å². The molecule has 9 heteroatoms. The lowest BCUT2D eigenvalue weighted by Gasteiger charge is -2.26. The molecule has 0 unspecified atom stereocenters. The lowest BCUT2D eigenvalue weighted by molar-refractivity contribution is -0.132. The fourth-order valence-electron chi connectivity index (χ4n) is 3.14. The second-order valence-corrected chi connectivity index (χ2v) is 7.48. The molecular weight excluding hydrogens is 370 g/mol. The molecule has 0 radical (unpaired) electrons. The molecule has 0 N–H and O–H groups in total. The molecule has 8 nitrogen and oxygen atoms in total. The summed E-state index contributed by atoms with van der Waals surface area (Å²) in [5.41, 5.74) is 0.227. The summed E-state index contributed by atoms with van der Waals surface area (Å²) in [7, 11) is 1.52. The maximum atomic E-state index is 12.9. The number of nitrogens with zero attached hydrogens (tertiary/aromatic N) is 3. The number of likely N-dealkylation sites (tertiary alicyclic amines) is 1. The highest BCUT2D eigenvalue weighted by molar-refractivity contribution is 7.20. The number of ether oxygens (including phenoxy) is 2. The van der Waals surface area contributed by atoms with Gasteiger partial charge in [0, 0.05) is 20.2 Å². The van der Waals surface area contributed by atoms with Crippen molar-refractivity contribution in [2.45, 2.75) is 32.7 Å². The number of methoxy groups -OCH3 is 1. The molecule has 0 aliphatic carbocycles. The number of thiophene rings is 1. The summed E-state index contributed by atoms with van der Waals surface area (Å²) >= 11 is 1.12. The molecule has 27 heavy (non-hydrogen) atoms. The van der Waals surface area contributed by atoms with Crippen LogP contribution in [0.2, 0.25) is 0 Å². The third-order valence-electron chi connectivity index (χ3n) is 4.64. The molecule has 1 amide bonds. The zero-order valence-corrected chi connectivity index (χ0v) is 16.3. The van der Waals surface area contributed by atoms with Crippen molar-refractivity contribution >= 4 is 33.4 Å². The van der Waals surface area contributed by atoms with Gasteiger partial charge < -0.3 is 14.4 Å². The average molecular weight is 393 g/mol. The lowest BCUT2D eigenvalue weighted by Crippen LogP contribution is -2.39. The molecule has 3 heterocycles. The average Bonchev–Trinajstić information content (AvgIpc) is 3.02. The number of aromatic nitrogens is 2. The number of carbonyl (C=O) groups excluding carboxylic acids is 2. The van der Waals surface area contributed by atoms with Gasteiger partial charge in [-0.15, -0.1) is 11.3 Å². The molecule has 146 valence electrons. The first-order chi connectivity index (χ1) is 13.0. The Hall–Kier alpha value is -2.26. The highest BCUT2D eigenvalue weighted by atomic mass is 32.1. The number of hydrogen-bond donors (Lipinski definition) is 0. The summed E-state index contributed by atoms with van der Waals surface area (Å²) in [6, 6.07) is 0. The smallest absolute Gasteiger partial charge is 0.348 e. The number of amides is 1. The molecule has 1 aliphatic heterocycles. The zero-order valence-electron chi connectivity index (χ0n) is 15.5. The second kappa shape index (κ2) is 8.62. The molecule has 0 spiro atoms. The molecule has 0 aromatic carbocycles. The van der Waals surface area contributed by atoms with Gasteiger partial charge >= 0.3 is 5.97 Å². The van der Waals surface area contributed by atoms with Crippen molar-refractivity contribution < 1.29 is 19.1 Å². The van der Waals surface area contributed by atoms with Gasteiger partial charge in [-0.3, -0.25) is 14.2 Å². The van der Waals surface area contributed by atoms with E-state index >= 15 is 0 Å². The van der Waals surface area contributed by atoms with Crippen molar-refractivity contribution in [1.29, 1.82) is 0 Å². The van der Waals surface area contributed by atoms with Crippen molar-refractivity contribution in [2.75, 3.05) is 33.4 Å². The van der Waals surface area contributed by atoms with Crippen molar-refractivity contribution in [2.24, 2.45) is 0 Å². The Morgan fingerprint density at radius 3 is 2.67 bits per heavy atom. The largest absolute Gasteiger partial charge is 0.459 e. The Morgan fingerprint density at radius 2 is 1.96 bits per heavy atom. The first kappa shape index (κ1) is 19.5. The predicted molar refractivity (Wildman–Crippen MR) is 101 cm³/mol. The van der Waals surface area contributed by atoms with Gasteiger partial charge in [0.2, 0.25) is 5.91 Å². The van der Waals surface area contributed by atoms with Crippen molar-refractivity contribution in [3.05, 3.63) is 27.1 Å². The molecule has 1 fully saturated rings. The summed E-state index contributed by atoms with van der Waals surface area (Å²) in [5.74, 6) is -0.576. The quantitative estimate of drug-likeness (QED) is 0.547. The molecule has 2 aromatic rings. The standard InChI is InChI=1S/C18H23N3O5S/c1-12-14-16(27-15(12)18(24)26-9-8-25-2)19-11-21(17(14)23)10-13(22)20-6-4-3-5-7-20/h11H,3-10H2,1-2H3. The number of fused-ring (bicyclic) bond motifs is 1. The second-order valence-electron chi connectivity index (χ2n) is 6.48. The summed E-state index contributed by atoms with van der Waals surface area (Å²) < 4.78 is 11.3. The van der Waals surface area contributed by atoms with E-state index in [1.165, 1.54) is 18.0 Å². The van der Waals surface area contributed by atoms with E-state index in [1.807, 2.05) is 0 Å². The van der Waals surface area contributed by atoms with Crippen LogP contribution in [-0.2, 0) is 20.8 Å². The summed E-state index contributed by atoms with van der Waals surface area (Å²) in [6.07, 6.45) is 4.50. The number of esters is 1. The van der Waals surface area contributed by atoms with Gasteiger partial charge in [0.15, 0.2) is 0 Å². The summed E-state index contributed by atoms with van der Waals surface area (Å²) in [4.78, 5) is 44.4. The molecule has 1 aliphatic rings. The van der Waals surface area contributed by atoms with Crippen LogP contribution in [0.1, 0.15) is 34.5 Å². The molecule has 3 rings (SSSR count). The van der Waals surface area contributed by atoms with Crippen molar-refractivity contribution in [1.82, 2.24) is 14.5 Å². The first-order valence-corrected chi connectivity index (χ1v) is 9.77. The van der Waals surface area contributed by atoms with E-state index in [0.29, 0.717) is 27.3 Å². The lowest BCUT2D eigenvalue weighted by atomic mass is 10.1. The third-order valence-corrected chi connectivity index (χ3v) is 5.82. The maximum absolute atomic E-state index is 12.9. The van der Waals surface area contributed by atoms with Gasteiger partial charge in [0.25, 0.3) is 5.56 Å². The van der Waals surface area contributed by atoms with Crippen LogP contribution in [0, 0.1) is 6.92 Å². The van der Waals surface area contributed by atoms with Crippen molar-refractivity contribution in [3.63, 3.8) is 0 Å². The van der Waals surface area contributed by atoms with Gasteiger partial charge in [0.1, 0.15) is 22.9 Å². The van der Waals surface area contributed by atoms with E-state index in [0.717, 1.165) is 43.7 Å². The van der Waals surface area contributed by atoms with E-state index in [2.05, 4.69) is 4.98 Å². The highest BCUT2D eigenvalue weighted by Crippen LogP contribution is 2.27. The molecule has 0 saturated carbocycles. The fourth-order valence-corrected chi connectivity index (χ4v) is 4.17. The monoisotopic (exact) mass is 393 g/mol. The van der Waals surface area contributed by atoms with Gasteiger partial charge in [-0.05, 0) is 31.7 Å². The van der Waals surface area contributed by atoms with Gasteiger partial charge in [-0.25, -0.2) is 9.78 Å². The summed E-state index contributed by atoms with van der Waals surface area (Å²) in [5, 5.41) is 0.368. The Labute approximate surface area is 160 Å². The number of rotatable bonds is 6. The van der Waals surface area contributed by atoms with Gasteiger partial charge in [-0.1, -0.05) is 0 Å². The van der Waals surface area contributed by atoms with Crippen LogP contribution in [-0.4, -0.2) is 59.7 Å². The summed E-state index contributed by atoms with van der Waals surface area (Å²) in [6.45, 7) is 3.58. The van der Waals surface area contributed by atoms with Crippen LogP contribution in [0.3, 0.4) is 0 Å². The Kier molecular flexibility index (Phi) is 6.22. The van der Waals surface area contributed by atoms with E-state index < -0.39 is 5.97 Å². The number of hydrogen-bond acceptors (Lipinski definition) is 7. The third kappa shape index (κ3) is 4.19. The van der Waals surface area contributed by atoms with Crippen LogP contribution in [0.15, 0.2) is 11.1 Å². The number of piperidine rings is 1. The SMILES string of the molecule is COCCOC(=O)c1sc2ncn(CC(=O)N3CCCCC3)c(=O)c2c1C. The van der Waals surface area contributed by atoms with Crippen LogP contribution < -0.4 is 5.56 Å². The Morgan fingerprint density at radius 1 is 1.22 bits per heavy atom. The highest BCUT2D eigenvalue weighted by Gasteiger charge is 2.22. The minimum atomic E-state index is -0.497. The molecule has 2 aromatic heterocycles. The van der Waals surface area contributed by atoms with Crippen LogP contribution in [0.4, 0.5) is 0 Å². The zero-order chi connectivity index (χ0) is 19.4. The molecular formula is C18H23N3O5S.